The highest BCUT2D eigenvalue weighted by molar-refractivity contribution is 5.93. The molecule has 2 rings (SSSR count). The van der Waals surface area contributed by atoms with Crippen molar-refractivity contribution >= 4 is 12.0 Å². The second kappa shape index (κ2) is 6.92. The van der Waals surface area contributed by atoms with Crippen molar-refractivity contribution in [1.82, 2.24) is 15.2 Å². The maximum absolute atomic E-state index is 12.0. The number of aromatic amines is 1. The van der Waals surface area contributed by atoms with Gasteiger partial charge in [0.05, 0.1) is 6.61 Å². The second-order valence-corrected chi connectivity index (χ2v) is 4.85. The van der Waals surface area contributed by atoms with Gasteiger partial charge in [0.15, 0.2) is 0 Å². The molecular formula is C14H19N3O4. The van der Waals surface area contributed by atoms with Crippen LogP contribution in [0.2, 0.25) is 0 Å². The van der Waals surface area contributed by atoms with E-state index in [1.165, 1.54) is 12.3 Å². The number of pyridine rings is 1. The third-order valence-corrected chi connectivity index (χ3v) is 3.42. The number of likely N-dealkylation sites (tertiary alicyclic amines) is 1. The van der Waals surface area contributed by atoms with Crippen molar-refractivity contribution in [3.05, 3.63) is 34.2 Å². The number of H-pyrrole nitrogens is 1. The number of hydrogen-bond donors (Lipinski definition) is 2. The fraction of sp³-hybridized carbons (Fsp3) is 0.500. The minimum Gasteiger partial charge on any atom is -0.450 e. The van der Waals surface area contributed by atoms with Crippen LogP contribution in [0.5, 0.6) is 0 Å². The van der Waals surface area contributed by atoms with Gasteiger partial charge in [-0.15, -0.1) is 0 Å². The molecule has 0 aromatic carbocycles. The zero-order valence-corrected chi connectivity index (χ0v) is 11.9. The van der Waals surface area contributed by atoms with Crippen LogP contribution >= 0.6 is 0 Å². The molecule has 0 atom stereocenters. The summed E-state index contributed by atoms with van der Waals surface area (Å²) in [5, 5.41) is 2.83. The number of nitrogens with one attached hydrogen (secondary N) is 2. The van der Waals surface area contributed by atoms with Crippen molar-refractivity contribution < 1.29 is 14.3 Å². The molecule has 0 spiro atoms. The Bertz CT molecular complexity index is 561. The van der Waals surface area contributed by atoms with Gasteiger partial charge in [-0.25, -0.2) is 4.79 Å². The first-order chi connectivity index (χ1) is 10.1. The van der Waals surface area contributed by atoms with Crippen LogP contribution in [0.4, 0.5) is 4.79 Å². The molecule has 21 heavy (non-hydrogen) atoms. The van der Waals surface area contributed by atoms with Gasteiger partial charge in [-0.05, 0) is 31.9 Å². The molecular weight excluding hydrogens is 274 g/mol. The number of ether oxygens (including phenoxy) is 1. The molecule has 0 saturated carbocycles. The standard InChI is InChI=1S/C14H19N3O4/c1-2-21-14(20)17-8-5-10(6-9-17)16-13(19)11-4-3-7-15-12(11)18/h3-4,7,10H,2,5-6,8-9H2,1H3,(H,15,18)(H,16,19). The van der Waals surface area contributed by atoms with Crippen LogP contribution in [0.25, 0.3) is 0 Å². The third-order valence-electron chi connectivity index (χ3n) is 3.42. The molecule has 1 fully saturated rings. The first-order valence-electron chi connectivity index (χ1n) is 7.02. The molecule has 7 nitrogen and oxygen atoms in total. The summed E-state index contributed by atoms with van der Waals surface area (Å²) in [5.41, 5.74) is -0.302. The van der Waals surface area contributed by atoms with Crippen LogP contribution < -0.4 is 10.9 Å². The second-order valence-electron chi connectivity index (χ2n) is 4.85. The molecule has 1 aromatic heterocycles. The first kappa shape index (κ1) is 15.1. The molecule has 0 bridgehead atoms. The van der Waals surface area contributed by atoms with Crippen LogP contribution in [0, 0.1) is 0 Å². The molecule has 0 unspecified atom stereocenters. The van der Waals surface area contributed by atoms with Crippen molar-refractivity contribution in [2.75, 3.05) is 19.7 Å². The van der Waals surface area contributed by atoms with Crippen molar-refractivity contribution in [2.24, 2.45) is 0 Å². The number of carbonyl (C=O) groups excluding carboxylic acids is 2. The van der Waals surface area contributed by atoms with Gasteiger partial charge in [0.1, 0.15) is 5.56 Å². The summed E-state index contributed by atoms with van der Waals surface area (Å²) in [6.45, 7) is 3.19. The minimum absolute atomic E-state index is 0.0391. The lowest BCUT2D eigenvalue weighted by Crippen LogP contribution is -2.47. The fourth-order valence-corrected chi connectivity index (χ4v) is 2.28. The van der Waals surface area contributed by atoms with E-state index >= 15 is 0 Å². The Morgan fingerprint density at radius 3 is 2.76 bits per heavy atom. The van der Waals surface area contributed by atoms with E-state index in [2.05, 4.69) is 10.3 Å². The van der Waals surface area contributed by atoms with Crippen LogP contribution in [0.3, 0.4) is 0 Å². The van der Waals surface area contributed by atoms with E-state index in [0.717, 1.165) is 0 Å². The average molecular weight is 293 g/mol. The molecule has 114 valence electrons. The van der Waals surface area contributed by atoms with Gasteiger partial charge < -0.3 is 19.9 Å². The minimum atomic E-state index is -0.404. The molecule has 1 aliphatic heterocycles. The number of amides is 2. The van der Waals surface area contributed by atoms with Crippen LogP contribution in [0.1, 0.15) is 30.1 Å². The Kier molecular flexibility index (Phi) is 4.97. The molecule has 1 saturated heterocycles. The summed E-state index contributed by atoms with van der Waals surface area (Å²) in [6.07, 6.45) is 2.46. The zero-order chi connectivity index (χ0) is 15.2. The number of carbonyl (C=O) groups is 2. The Morgan fingerprint density at radius 2 is 2.14 bits per heavy atom. The van der Waals surface area contributed by atoms with Gasteiger partial charge in [0, 0.05) is 25.3 Å². The number of piperidine rings is 1. The summed E-state index contributed by atoms with van der Waals surface area (Å²) in [5.74, 6) is -0.383. The molecule has 2 N–H and O–H groups in total. The molecule has 7 heteroatoms. The van der Waals surface area contributed by atoms with Gasteiger partial charge in [-0.3, -0.25) is 9.59 Å². The molecule has 1 aliphatic rings. The maximum Gasteiger partial charge on any atom is 0.409 e. The largest absolute Gasteiger partial charge is 0.450 e. The quantitative estimate of drug-likeness (QED) is 0.859. The van der Waals surface area contributed by atoms with Crippen molar-refractivity contribution in [3.8, 4) is 0 Å². The SMILES string of the molecule is CCOC(=O)N1CCC(NC(=O)c2ccc[nH]c2=O)CC1. The Hall–Kier alpha value is -2.31. The lowest BCUT2D eigenvalue weighted by molar-refractivity contribution is 0.0859. The van der Waals surface area contributed by atoms with Crippen molar-refractivity contribution in [3.63, 3.8) is 0 Å². The van der Waals surface area contributed by atoms with E-state index < -0.39 is 5.56 Å². The van der Waals surface area contributed by atoms with E-state index in [1.54, 1.807) is 17.9 Å². The highest BCUT2D eigenvalue weighted by Gasteiger charge is 2.25. The zero-order valence-electron chi connectivity index (χ0n) is 11.9. The van der Waals surface area contributed by atoms with Gasteiger partial charge >= 0.3 is 6.09 Å². The monoisotopic (exact) mass is 293 g/mol. The predicted molar refractivity (Wildman–Crippen MR) is 76.1 cm³/mol. The number of aromatic nitrogens is 1. The predicted octanol–water partition coefficient (Wildman–Crippen LogP) is 0.726. The Labute approximate surface area is 122 Å². The van der Waals surface area contributed by atoms with E-state index in [1.807, 2.05) is 0 Å². The highest BCUT2D eigenvalue weighted by Crippen LogP contribution is 2.12. The van der Waals surface area contributed by atoms with Crippen molar-refractivity contribution in [1.29, 1.82) is 0 Å². The van der Waals surface area contributed by atoms with E-state index in [0.29, 0.717) is 32.5 Å². The summed E-state index contributed by atoms with van der Waals surface area (Å²) in [6, 6.07) is 3.06. The number of hydrogen-bond acceptors (Lipinski definition) is 4. The van der Waals surface area contributed by atoms with E-state index in [9.17, 15) is 14.4 Å². The van der Waals surface area contributed by atoms with Crippen LogP contribution in [0.15, 0.2) is 23.1 Å². The molecule has 2 amide bonds. The van der Waals surface area contributed by atoms with Crippen LogP contribution in [-0.2, 0) is 4.74 Å². The van der Waals surface area contributed by atoms with Crippen LogP contribution in [-0.4, -0.2) is 47.6 Å². The lowest BCUT2D eigenvalue weighted by Gasteiger charge is -2.31. The van der Waals surface area contributed by atoms with Gasteiger partial charge in [-0.2, -0.15) is 0 Å². The topological polar surface area (TPSA) is 91.5 Å². The summed E-state index contributed by atoms with van der Waals surface area (Å²) in [7, 11) is 0. The highest BCUT2D eigenvalue weighted by atomic mass is 16.6. The summed E-state index contributed by atoms with van der Waals surface area (Å²) < 4.78 is 4.94. The smallest absolute Gasteiger partial charge is 0.409 e. The lowest BCUT2D eigenvalue weighted by atomic mass is 10.0. The molecule has 0 radical (unpaired) electrons. The summed E-state index contributed by atoms with van der Waals surface area (Å²) in [4.78, 5) is 39.2. The molecule has 1 aromatic rings. The van der Waals surface area contributed by atoms with Gasteiger partial charge in [0.2, 0.25) is 0 Å². The molecule has 2 heterocycles. The number of rotatable bonds is 3. The first-order valence-corrected chi connectivity index (χ1v) is 7.02. The summed E-state index contributed by atoms with van der Waals surface area (Å²) >= 11 is 0. The fourth-order valence-electron chi connectivity index (χ4n) is 2.28. The normalized spacial score (nSPS) is 15.6. The van der Waals surface area contributed by atoms with Gasteiger partial charge in [0.25, 0.3) is 11.5 Å². The number of nitrogens with zero attached hydrogens (tertiary/aromatic N) is 1. The van der Waals surface area contributed by atoms with E-state index in [-0.39, 0.29) is 23.6 Å². The van der Waals surface area contributed by atoms with E-state index in [4.69, 9.17) is 4.74 Å². The Morgan fingerprint density at radius 1 is 1.43 bits per heavy atom. The van der Waals surface area contributed by atoms with Crippen molar-refractivity contribution in [2.45, 2.75) is 25.8 Å². The van der Waals surface area contributed by atoms with Gasteiger partial charge in [-0.1, -0.05) is 0 Å². The third kappa shape index (κ3) is 3.84. The Balaban J connectivity index is 1.86. The maximum atomic E-state index is 12.0. The molecule has 0 aliphatic carbocycles. The average Bonchev–Trinajstić information content (AvgIpc) is 2.48.